The third-order valence-electron chi connectivity index (χ3n) is 2.06. The molecule has 0 radical (unpaired) electrons. The van der Waals surface area contributed by atoms with Gasteiger partial charge in [-0.2, -0.15) is 11.8 Å². The number of thioether (sulfide) groups is 1. The molecule has 0 bridgehead atoms. The van der Waals surface area contributed by atoms with Crippen LogP contribution in [0.2, 0.25) is 0 Å². The van der Waals surface area contributed by atoms with Gasteiger partial charge in [0.25, 0.3) is 5.91 Å². The number of hydrogen-bond donors (Lipinski definition) is 1. The Morgan fingerprint density at radius 2 is 2.31 bits per heavy atom. The third kappa shape index (κ3) is 4.05. The fourth-order valence-corrected chi connectivity index (χ4v) is 3.84. The summed E-state index contributed by atoms with van der Waals surface area (Å²) >= 11 is 9.96. The first-order valence-corrected chi connectivity index (χ1v) is 8.62. The lowest BCUT2D eigenvalue weighted by Crippen LogP contribution is -2.35. The van der Waals surface area contributed by atoms with E-state index in [1.54, 1.807) is 11.8 Å². The summed E-state index contributed by atoms with van der Waals surface area (Å²) in [6.07, 6.45) is 3.01. The summed E-state index contributed by atoms with van der Waals surface area (Å²) in [7, 11) is 0. The molecule has 0 fully saturated rings. The molecule has 0 saturated carbocycles. The third-order valence-corrected chi connectivity index (χ3v) is 6.06. The Balaban J connectivity index is 2.64. The van der Waals surface area contributed by atoms with E-state index in [2.05, 4.69) is 44.1 Å². The zero-order valence-electron chi connectivity index (χ0n) is 9.05. The summed E-state index contributed by atoms with van der Waals surface area (Å²) in [6, 6.07) is 2.10. The Bertz CT molecular complexity index is 348. The smallest absolute Gasteiger partial charge is 0.261 e. The van der Waals surface area contributed by atoms with Crippen LogP contribution in [0.5, 0.6) is 0 Å². The van der Waals surface area contributed by atoms with Crippen LogP contribution in [0.25, 0.3) is 0 Å². The number of amides is 1. The van der Waals surface area contributed by atoms with E-state index in [9.17, 15) is 4.79 Å². The van der Waals surface area contributed by atoms with E-state index >= 15 is 0 Å². The minimum atomic E-state index is 0.0114. The monoisotopic (exact) mass is 385 g/mol. The molecule has 1 heterocycles. The van der Waals surface area contributed by atoms with Crippen molar-refractivity contribution < 1.29 is 4.79 Å². The first-order chi connectivity index (χ1) is 7.58. The number of hydrogen-bond acceptors (Lipinski definition) is 3. The van der Waals surface area contributed by atoms with Crippen LogP contribution in [0, 0.1) is 0 Å². The minimum Gasteiger partial charge on any atom is -0.348 e. The average molecular weight is 387 g/mol. The van der Waals surface area contributed by atoms with Crippen LogP contribution in [-0.4, -0.2) is 24.0 Å². The lowest BCUT2D eigenvalue weighted by molar-refractivity contribution is 0.0944. The number of thiophene rings is 1. The molecular weight excluding hydrogens is 374 g/mol. The molecule has 1 atom stereocenters. The van der Waals surface area contributed by atoms with Gasteiger partial charge in [0.15, 0.2) is 0 Å². The van der Waals surface area contributed by atoms with Crippen molar-refractivity contribution in [1.82, 2.24) is 5.32 Å². The fourth-order valence-electron chi connectivity index (χ4n) is 1.18. The molecule has 1 aromatic rings. The van der Waals surface area contributed by atoms with E-state index in [4.69, 9.17) is 0 Å². The van der Waals surface area contributed by atoms with Crippen molar-refractivity contribution in [2.45, 2.75) is 19.4 Å². The molecule has 0 aliphatic carbocycles. The van der Waals surface area contributed by atoms with Crippen molar-refractivity contribution in [3.63, 3.8) is 0 Å². The standard InChI is InChI=1S/C10H13Br2NOS2/c1-3-6(5-15-2)13-10(14)8-4-7(11)9(12)16-8/h4,6H,3,5H2,1-2H3,(H,13,14). The summed E-state index contributed by atoms with van der Waals surface area (Å²) in [4.78, 5) is 12.6. The molecule has 1 rings (SSSR count). The second-order valence-corrected chi connectivity index (χ2v) is 7.40. The van der Waals surface area contributed by atoms with Crippen LogP contribution in [-0.2, 0) is 0 Å². The lowest BCUT2D eigenvalue weighted by Gasteiger charge is -2.14. The summed E-state index contributed by atoms with van der Waals surface area (Å²) in [6.45, 7) is 2.08. The Morgan fingerprint density at radius 1 is 1.62 bits per heavy atom. The molecule has 0 saturated heterocycles. The predicted octanol–water partition coefficient (Wildman–Crippen LogP) is 4.14. The molecule has 2 nitrogen and oxygen atoms in total. The molecule has 0 aromatic carbocycles. The van der Waals surface area contributed by atoms with Gasteiger partial charge >= 0.3 is 0 Å². The van der Waals surface area contributed by atoms with Crippen molar-refractivity contribution in [3.05, 3.63) is 19.2 Å². The first-order valence-electron chi connectivity index (χ1n) is 4.83. The molecule has 1 amide bonds. The van der Waals surface area contributed by atoms with Crippen molar-refractivity contribution >= 4 is 60.9 Å². The Labute approximate surface area is 121 Å². The maximum atomic E-state index is 11.9. The normalized spacial score (nSPS) is 12.5. The molecule has 0 spiro atoms. The molecule has 16 heavy (non-hydrogen) atoms. The average Bonchev–Trinajstić information content (AvgIpc) is 2.58. The topological polar surface area (TPSA) is 29.1 Å². The molecule has 1 aromatic heterocycles. The summed E-state index contributed by atoms with van der Waals surface area (Å²) in [5.74, 6) is 0.966. The highest BCUT2D eigenvalue weighted by atomic mass is 79.9. The quantitative estimate of drug-likeness (QED) is 0.823. The zero-order chi connectivity index (χ0) is 12.1. The van der Waals surface area contributed by atoms with Crippen molar-refractivity contribution in [1.29, 1.82) is 0 Å². The predicted molar refractivity (Wildman–Crippen MR) is 79.6 cm³/mol. The van der Waals surface area contributed by atoms with Gasteiger partial charge in [-0.15, -0.1) is 11.3 Å². The number of carbonyl (C=O) groups excluding carboxylic acids is 1. The van der Waals surface area contributed by atoms with Gasteiger partial charge in [-0.3, -0.25) is 4.79 Å². The first kappa shape index (κ1) is 14.5. The maximum absolute atomic E-state index is 11.9. The summed E-state index contributed by atoms with van der Waals surface area (Å²) in [5.41, 5.74) is 0. The fraction of sp³-hybridized carbons (Fsp3) is 0.500. The van der Waals surface area contributed by atoms with E-state index < -0.39 is 0 Å². The van der Waals surface area contributed by atoms with E-state index in [0.717, 1.165) is 25.3 Å². The Morgan fingerprint density at radius 3 is 2.75 bits per heavy atom. The largest absolute Gasteiger partial charge is 0.348 e. The molecule has 0 aliphatic rings. The van der Waals surface area contributed by atoms with Gasteiger partial charge in [0.2, 0.25) is 0 Å². The minimum absolute atomic E-state index is 0.0114. The zero-order valence-corrected chi connectivity index (χ0v) is 13.9. The van der Waals surface area contributed by atoms with Crippen LogP contribution < -0.4 is 5.32 Å². The second-order valence-electron chi connectivity index (χ2n) is 3.27. The van der Waals surface area contributed by atoms with Gasteiger partial charge in [-0.1, -0.05) is 6.92 Å². The highest BCUT2D eigenvalue weighted by Gasteiger charge is 2.15. The van der Waals surface area contributed by atoms with Crippen molar-refractivity contribution in [2.75, 3.05) is 12.0 Å². The Hall–Kier alpha value is 0.480. The highest BCUT2D eigenvalue weighted by molar-refractivity contribution is 9.13. The molecule has 6 heteroatoms. The van der Waals surface area contributed by atoms with Crippen LogP contribution in [0.4, 0.5) is 0 Å². The van der Waals surface area contributed by atoms with Crippen molar-refractivity contribution in [3.8, 4) is 0 Å². The van der Waals surface area contributed by atoms with Gasteiger partial charge in [-0.05, 0) is 50.6 Å². The van der Waals surface area contributed by atoms with Gasteiger partial charge in [0.1, 0.15) is 0 Å². The van der Waals surface area contributed by atoms with Gasteiger partial charge in [0, 0.05) is 16.3 Å². The van der Waals surface area contributed by atoms with E-state index in [1.165, 1.54) is 11.3 Å². The molecule has 90 valence electrons. The SMILES string of the molecule is CCC(CSC)NC(=O)c1cc(Br)c(Br)s1. The Kier molecular flexibility index (Phi) is 6.39. The molecule has 1 unspecified atom stereocenters. The summed E-state index contributed by atoms with van der Waals surface area (Å²) in [5, 5.41) is 3.03. The van der Waals surface area contributed by atoms with Crippen molar-refractivity contribution in [2.24, 2.45) is 0 Å². The molecular formula is C10H13Br2NOS2. The van der Waals surface area contributed by atoms with Crippen LogP contribution >= 0.6 is 55.0 Å². The molecule has 1 N–H and O–H groups in total. The highest BCUT2D eigenvalue weighted by Crippen LogP contribution is 2.32. The number of rotatable bonds is 5. The van der Waals surface area contributed by atoms with Crippen LogP contribution in [0.3, 0.4) is 0 Å². The van der Waals surface area contributed by atoms with Gasteiger partial charge < -0.3 is 5.32 Å². The molecule has 0 aliphatic heterocycles. The lowest BCUT2D eigenvalue weighted by atomic mass is 10.2. The number of halogens is 2. The summed E-state index contributed by atoms with van der Waals surface area (Å²) < 4.78 is 1.89. The van der Waals surface area contributed by atoms with E-state index in [-0.39, 0.29) is 11.9 Å². The van der Waals surface area contributed by atoms with E-state index in [0.29, 0.717) is 0 Å². The van der Waals surface area contributed by atoms with Gasteiger partial charge in [0.05, 0.1) is 8.66 Å². The van der Waals surface area contributed by atoms with Crippen LogP contribution in [0.15, 0.2) is 14.3 Å². The maximum Gasteiger partial charge on any atom is 0.261 e. The van der Waals surface area contributed by atoms with Gasteiger partial charge in [-0.25, -0.2) is 0 Å². The number of carbonyl (C=O) groups is 1. The number of nitrogens with one attached hydrogen (secondary N) is 1. The van der Waals surface area contributed by atoms with Crippen LogP contribution in [0.1, 0.15) is 23.0 Å². The second kappa shape index (κ2) is 7.03. The van der Waals surface area contributed by atoms with E-state index in [1.807, 2.05) is 12.3 Å².